The van der Waals surface area contributed by atoms with Gasteiger partial charge in [0.05, 0.1) is 12.5 Å². The van der Waals surface area contributed by atoms with Gasteiger partial charge in [0.15, 0.2) is 11.5 Å². The first-order valence-corrected chi connectivity index (χ1v) is 14.3. The molecule has 1 saturated heterocycles. The van der Waals surface area contributed by atoms with Crippen molar-refractivity contribution in [2.45, 2.75) is 68.2 Å². The molecule has 5 aliphatic carbocycles. The van der Waals surface area contributed by atoms with E-state index in [9.17, 15) is 9.90 Å². The summed E-state index contributed by atoms with van der Waals surface area (Å²) in [5.74, 6) is 2.18. The number of ether oxygens (including phenoxy) is 2. The molecule has 0 aromatic heterocycles. The molecule has 4 bridgehead atoms. The molecule has 1 unspecified atom stereocenters. The number of hydrogen-bond donors (Lipinski definition) is 2. The maximum atomic E-state index is 13.3. The molecule has 198 valence electrons. The highest BCUT2D eigenvalue weighted by Crippen LogP contribution is 2.74. The predicted molar refractivity (Wildman–Crippen MR) is 143 cm³/mol. The number of nitrogens with one attached hydrogen (secondary N) is 1. The summed E-state index contributed by atoms with van der Waals surface area (Å²) < 4.78 is 12.6. The third-order valence-corrected chi connectivity index (χ3v) is 10.9. The Labute approximate surface area is 224 Å². The topological polar surface area (TPSA) is 71.0 Å². The molecule has 1 amide bonds. The van der Waals surface area contributed by atoms with Crippen LogP contribution in [0.2, 0.25) is 0 Å². The fourth-order valence-corrected chi connectivity index (χ4v) is 9.08. The molecule has 0 radical (unpaired) electrons. The first-order valence-electron chi connectivity index (χ1n) is 14.3. The number of carbonyl (C=O) groups excluding carboxylic acids is 1. The molecule has 3 fully saturated rings. The van der Waals surface area contributed by atoms with Crippen molar-refractivity contribution in [3.8, 4) is 11.5 Å². The highest BCUT2D eigenvalue weighted by molar-refractivity contribution is 5.77. The maximum absolute atomic E-state index is 13.3. The predicted octanol–water partition coefficient (Wildman–Crippen LogP) is 3.75. The Balaban J connectivity index is 1.19. The van der Waals surface area contributed by atoms with Gasteiger partial charge in [0.25, 0.3) is 0 Å². The van der Waals surface area contributed by atoms with Crippen LogP contribution in [0.25, 0.3) is 0 Å². The first kappa shape index (κ1) is 23.1. The van der Waals surface area contributed by atoms with Crippen molar-refractivity contribution in [1.82, 2.24) is 10.2 Å². The number of amides is 1. The Morgan fingerprint density at radius 3 is 2.82 bits per heavy atom. The molecule has 7 aliphatic rings. The van der Waals surface area contributed by atoms with Gasteiger partial charge in [-0.05, 0) is 61.8 Å². The van der Waals surface area contributed by atoms with Crippen molar-refractivity contribution in [1.29, 1.82) is 0 Å². The molecule has 2 saturated carbocycles. The molecule has 2 heterocycles. The van der Waals surface area contributed by atoms with Crippen molar-refractivity contribution in [2.75, 3.05) is 20.2 Å². The lowest BCUT2D eigenvalue weighted by atomic mass is 9.37. The molecule has 2 aromatic rings. The van der Waals surface area contributed by atoms with Crippen molar-refractivity contribution in [2.24, 2.45) is 17.3 Å². The number of piperidine rings is 1. The largest absolute Gasteiger partial charge is 0.493 e. The van der Waals surface area contributed by atoms with Crippen molar-refractivity contribution in [3.63, 3.8) is 0 Å². The lowest BCUT2D eigenvalue weighted by molar-refractivity contribution is -0.207. The highest BCUT2D eigenvalue weighted by atomic mass is 16.5. The van der Waals surface area contributed by atoms with E-state index in [1.165, 1.54) is 24.0 Å². The number of methoxy groups -OCH3 is 1. The van der Waals surface area contributed by atoms with Gasteiger partial charge in [-0.3, -0.25) is 9.69 Å². The average Bonchev–Trinajstić information content (AvgIpc) is 3.67. The van der Waals surface area contributed by atoms with E-state index in [-0.39, 0.29) is 22.7 Å². The summed E-state index contributed by atoms with van der Waals surface area (Å²) in [7, 11) is 1.70. The molecule has 2 spiro atoms. The molecule has 6 atom stereocenters. The van der Waals surface area contributed by atoms with E-state index in [1.807, 2.05) is 42.5 Å². The van der Waals surface area contributed by atoms with E-state index < -0.39 is 11.7 Å². The van der Waals surface area contributed by atoms with Gasteiger partial charge in [0.1, 0.15) is 11.7 Å². The van der Waals surface area contributed by atoms with Crippen molar-refractivity contribution < 1.29 is 19.4 Å². The normalized spacial score (nSPS) is 37.5. The number of nitrogens with zero attached hydrogens (tertiary/aromatic N) is 1. The number of rotatable bonds is 7. The van der Waals surface area contributed by atoms with Crippen LogP contribution in [0, 0.1) is 17.3 Å². The van der Waals surface area contributed by atoms with E-state index in [2.05, 4.69) is 22.4 Å². The van der Waals surface area contributed by atoms with Gasteiger partial charge in [-0.15, -0.1) is 0 Å². The summed E-state index contributed by atoms with van der Waals surface area (Å²) in [6.45, 7) is 2.69. The van der Waals surface area contributed by atoms with Crippen LogP contribution < -0.4 is 14.8 Å². The minimum Gasteiger partial charge on any atom is -0.493 e. The first-order chi connectivity index (χ1) is 18.5. The van der Waals surface area contributed by atoms with Gasteiger partial charge >= 0.3 is 0 Å². The van der Waals surface area contributed by atoms with E-state index in [4.69, 9.17) is 9.47 Å². The summed E-state index contributed by atoms with van der Waals surface area (Å²) >= 11 is 0. The van der Waals surface area contributed by atoms with Gasteiger partial charge in [0.2, 0.25) is 5.91 Å². The lowest BCUT2D eigenvalue weighted by Gasteiger charge is -2.70. The molecule has 9 rings (SSSR count). The van der Waals surface area contributed by atoms with Gasteiger partial charge in [-0.1, -0.05) is 48.6 Å². The van der Waals surface area contributed by atoms with Crippen molar-refractivity contribution >= 4 is 5.91 Å². The molecule has 38 heavy (non-hydrogen) atoms. The second-order valence-electron chi connectivity index (χ2n) is 12.6. The molecule has 6 nitrogen and oxygen atoms in total. The van der Waals surface area contributed by atoms with Crippen LogP contribution in [0.5, 0.6) is 11.5 Å². The highest BCUT2D eigenvalue weighted by Gasteiger charge is 2.78. The van der Waals surface area contributed by atoms with Crippen LogP contribution >= 0.6 is 0 Å². The zero-order valence-electron chi connectivity index (χ0n) is 22.0. The third-order valence-electron chi connectivity index (χ3n) is 10.9. The minimum absolute atomic E-state index is 0.0109. The Hall–Kier alpha value is -2.83. The Bertz CT molecular complexity index is 1340. The van der Waals surface area contributed by atoms with E-state index in [0.717, 1.165) is 55.3 Å². The number of carbonyl (C=O) groups is 1. The second-order valence-corrected chi connectivity index (χ2v) is 12.6. The Kier molecular flexibility index (Phi) is 4.77. The zero-order chi connectivity index (χ0) is 25.7. The van der Waals surface area contributed by atoms with Gasteiger partial charge < -0.3 is 19.9 Å². The number of fused-ring (bicyclic) bond motifs is 1. The summed E-state index contributed by atoms with van der Waals surface area (Å²) in [5, 5.41) is 15.5. The molecule has 2 aliphatic heterocycles. The summed E-state index contributed by atoms with van der Waals surface area (Å²) in [4.78, 5) is 16.0. The quantitative estimate of drug-likeness (QED) is 0.553. The fraction of sp³-hybridized carbons (Fsp3) is 0.531. The van der Waals surface area contributed by atoms with Crippen LogP contribution in [0.3, 0.4) is 0 Å². The lowest BCUT2D eigenvalue weighted by Crippen LogP contribution is -2.79. The van der Waals surface area contributed by atoms with Gasteiger partial charge in [0, 0.05) is 42.4 Å². The monoisotopic (exact) mass is 512 g/mol. The molecular formula is C32H36N2O4. The molecule has 6 heteroatoms. The number of benzene rings is 2. The average molecular weight is 513 g/mol. The third kappa shape index (κ3) is 2.88. The molecule has 2 N–H and O–H groups in total. The second kappa shape index (κ2) is 7.86. The zero-order valence-corrected chi connectivity index (χ0v) is 22.0. The smallest absolute Gasteiger partial charge is 0.220 e. The summed E-state index contributed by atoms with van der Waals surface area (Å²) in [6.07, 6.45) is 9.69. The van der Waals surface area contributed by atoms with Crippen LogP contribution in [-0.4, -0.2) is 53.9 Å². The molecular weight excluding hydrogens is 476 g/mol. The standard InChI is InChI=1S/C32H36N2O4/c1-37-24-10-9-22-15-25-30-11-12-32(36,23(17-30)16-26(35)33-18-20-5-3-2-4-6-20)29-31(30,27(22)28(24)38-29)13-14-34(25)19-21-7-8-21/h2-6,9-12,21,23,25,29,36H,7-8,13-19H2,1H3,(H,33,35)/t23?,25-,29-,30-,31+,32+/m1/s1. The Morgan fingerprint density at radius 2 is 2.03 bits per heavy atom. The van der Waals surface area contributed by atoms with Crippen LogP contribution in [0.15, 0.2) is 54.6 Å². The summed E-state index contributed by atoms with van der Waals surface area (Å²) in [6, 6.07) is 14.6. The van der Waals surface area contributed by atoms with Gasteiger partial charge in [-0.2, -0.15) is 0 Å². The van der Waals surface area contributed by atoms with E-state index >= 15 is 0 Å². The van der Waals surface area contributed by atoms with E-state index in [1.54, 1.807) is 7.11 Å². The van der Waals surface area contributed by atoms with E-state index in [0.29, 0.717) is 19.0 Å². The SMILES string of the molecule is COc1ccc2c3c1O[C@@H]1[C@]34CCN(CC3CC3)[C@H](C2)[C@]42C=C[C@]1(O)C(CC(=O)NCc1ccccc1)C2. The van der Waals surface area contributed by atoms with Crippen LogP contribution in [-0.2, 0) is 23.2 Å². The van der Waals surface area contributed by atoms with Crippen LogP contribution in [0.1, 0.15) is 48.8 Å². The Morgan fingerprint density at radius 1 is 1.18 bits per heavy atom. The fourth-order valence-electron chi connectivity index (χ4n) is 9.08. The van der Waals surface area contributed by atoms with Gasteiger partial charge in [-0.25, -0.2) is 0 Å². The minimum atomic E-state index is -1.20. The number of aliphatic hydroxyl groups is 1. The van der Waals surface area contributed by atoms with Crippen LogP contribution in [0.4, 0.5) is 0 Å². The maximum Gasteiger partial charge on any atom is 0.220 e. The molecule has 2 aromatic carbocycles. The number of likely N-dealkylation sites (tertiary alicyclic amines) is 1. The summed E-state index contributed by atoms with van der Waals surface area (Å²) in [5.41, 5.74) is 2.06. The van der Waals surface area contributed by atoms with Crippen molar-refractivity contribution in [3.05, 3.63) is 71.3 Å². The number of hydrogen-bond acceptors (Lipinski definition) is 5.